The number of carbonyl (C=O) groups is 1. The van der Waals surface area contributed by atoms with Crippen molar-refractivity contribution in [3.8, 4) is 0 Å². The van der Waals surface area contributed by atoms with Gasteiger partial charge in [-0.05, 0) is 13.0 Å². The highest BCUT2D eigenvalue weighted by molar-refractivity contribution is 9.10. The number of pyridine rings is 1. The first-order chi connectivity index (χ1) is 8.49. The van der Waals surface area contributed by atoms with Gasteiger partial charge < -0.3 is 10.5 Å². The SMILES string of the molecule is CCOC(=O)Cc1nc(CN)cc(Br)c1C(F)F. The summed E-state index contributed by atoms with van der Waals surface area (Å²) in [6.07, 6.45) is -3.01. The Bertz CT molecular complexity index is 441. The maximum Gasteiger partial charge on any atom is 0.311 e. The average Bonchev–Trinajstić information content (AvgIpc) is 2.27. The largest absolute Gasteiger partial charge is 0.466 e. The minimum atomic E-state index is -2.72. The summed E-state index contributed by atoms with van der Waals surface area (Å²) in [5.41, 5.74) is 5.56. The first kappa shape index (κ1) is 15.0. The summed E-state index contributed by atoms with van der Waals surface area (Å²) in [5, 5.41) is 0. The van der Waals surface area contributed by atoms with Crippen molar-refractivity contribution in [1.82, 2.24) is 4.98 Å². The molecule has 1 rings (SSSR count). The van der Waals surface area contributed by atoms with Crippen LogP contribution < -0.4 is 5.73 Å². The summed E-state index contributed by atoms with van der Waals surface area (Å²) >= 11 is 3.04. The molecule has 0 radical (unpaired) electrons. The van der Waals surface area contributed by atoms with Gasteiger partial charge in [0.15, 0.2) is 0 Å². The molecule has 0 atom stereocenters. The molecule has 4 nitrogen and oxygen atoms in total. The van der Waals surface area contributed by atoms with Crippen LogP contribution in [0.2, 0.25) is 0 Å². The van der Waals surface area contributed by atoms with Gasteiger partial charge in [0.05, 0.1) is 30.0 Å². The quantitative estimate of drug-likeness (QED) is 0.845. The van der Waals surface area contributed by atoms with Crippen LogP contribution in [0.4, 0.5) is 8.78 Å². The molecule has 1 aromatic rings. The molecule has 0 unspecified atom stereocenters. The van der Waals surface area contributed by atoms with E-state index in [1.165, 1.54) is 6.07 Å². The minimum Gasteiger partial charge on any atom is -0.466 e. The van der Waals surface area contributed by atoms with Gasteiger partial charge in [-0.25, -0.2) is 8.78 Å². The van der Waals surface area contributed by atoms with Crippen molar-refractivity contribution in [1.29, 1.82) is 0 Å². The number of nitrogens with zero attached hydrogens (tertiary/aromatic N) is 1. The third-order valence-electron chi connectivity index (χ3n) is 2.18. The molecule has 1 aromatic heterocycles. The summed E-state index contributed by atoms with van der Waals surface area (Å²) in [6.45, 7) is 1.95. The molecular weight excluding hydrogens is 310 g/mol. The van der Waals surface area contributed by atoms with Gasteiger partial charge in [-0.1, -0.05) is 15.9 Å². The molecule has 0 aromatic carbocycles. The Hall–Kier alpha value is -1.08. The van der Waals surface area contributed by atoms with E-state index in [4.69, 9.17) is 10.5 Å². The number of aromatic nitrogens is 1. The lowest BCUT2D eigenvalue weighted by Gasteiger charge is -2.11. The fraction of sp³-hybridized carbons (Fsp3) is 0.455. The molecule has 0 saturated heterocycles. The highest BCUT2D eigenvalue weighted by Crippen LogP contribution is 2.30. The second-order valence-electron chi connectivity index (χ2n) is 3.44. The molecule has 2 N–H and O–H groups in total. The van der Waals surface area contributed by atoms with E-state index in [1.807, 2.05) is 0 Å². The van der Waals surface area contributed by atoms with E-state index < -0.39 is 12.4 Å². The van der Waals surface area contributed by atoms with E-state index >= 15 is 0 Å². The van der Waals surface area contributed by atoms with E-state index in [9.17, 15) is 13.6 Å². The number of esters is 1. The Morgan fingerprint density at radius 3 is 2.78 bits per heavy atom. The van der Waals surface area contributed by atoms with Crippen LogP contribution in [0.25, 0.3) is 0 Å². The monoisotopic (exact) mass is 322 g/mol. The second-order valence-corrected chi connectivity index (χ2v) is 4.30. The van der Waals surface area contributed by atoms with Crippen molar-refractivity contribution in [2.45, 2.75) is 26.3 Å². The van der Waals surface area contributed by atoms with Gasteiger partial charge >= 0.3 is 5.97 Å². The number of nitrogens with two attached hydrogens (primary N) is 1. The summed E-state index contributed by atoms with van der Waals surface area (Å²) in [5.74, 6) is -0.590. The normalized spacial score (nSPS) is 10.8. The zero-order chi connectivity index (χ0) is 13.7. The zero-order valence-electron chi connectivity index (χ0n) is 9.75. The molecule has 0 spiro atoms. The highest BCUT2D eigenvalue weighted by Gasteiger charge is 2.21. The molecule has 0 aliphatic rings. The standard InChI is InChI=1S/C11H13BrF2N2O2/c1-2-18-9(17)4-8-10(11(13)14)7(12)3-6(5-15)16-8/h3,11H,2,4-5,15H2,1H3. The van der Waals surface area contributed by atoms with Gasteiger partial charge in [0.1, 0.15) is 0 Å². The van der Waals surface area contributed by atoms with Crippen LogP contribution in [0.15, 0.2) is 10.5 Å². The van der Waals surface area contributed by atoms with Gasteiger partial charge in [-0.2, -0.15) is 0 Å². The van der Waals surface area contributed by atoms with Crippen molar-refractivity contribution in [2.75, 3.05) is 6.61 Å². The highest BCUT2D eigenvalue weighted by atomic mass is 79.9. The van der Waals surface area contributed by atoms with Crippen molar-refractivity contribution in [3.63, 3.8) is 0 Å². The Morgan fingerprint density at radius 1 is 1.61 bits per heavy atom. The van der Waals surface area contributed by atoms with Crippen LogP contribution in [0.5, 0.6) is 0 Å². The van der Waals surface area contributed by atoms with E-state index in [2.05, 4.69) is 20.9 Å². The predicted octanol–water partition coefficient (Wildman–Crippen LogP) is 2.35. The molecule has 0 aliphatic heterocycles. The molecule has 0 bridgehead atoms. The third kappa shape index (κ3) is 3.71. The number of hydrogen-bond acceptors (Lipinski definition) is 4. The van der Waals surface area contributed by atoms with Crippen LogP contribution >= 0.6 is 15.9 Å². The molecule has 0 aliphatic carbocycles. The number of halogens is 3. The summed E-state index contributed by atoms with van der Waals surface area (Å²) < 4.78 is 30.7. The maximum atomic E-state index is 12.9. The smallest absolute Gasteiger partial charge is 0.311 e. The number of carbonyl (C=O) groups excluding carboxylic acids is 1. The summed E-state index contributed by atoms with van der Waals surface area (Å²) in [7, 11) is 0. The van der Waals surface area contributed by atoms with Crippen LogP contribution in [-0.2, 0) is 22.5 Å². The van der Waals surface area contributed by atoms with E-state index in [0.717, 1.165) is 0 Å². The number of rotatable bonds is 5. The first-order valence-electron chi connectivity index (χ1n) is 5.31. The van der Waals surface area contributed by atoms with Crippen molar-refractivity contribution >= 4 is 21.9 Å². The topological polar surface area (TPSA) is 65.2 Å². The Morgan fingerprint density at radius 2 is 2.28 bits per heavy atom. The Kier molecular flexibility index (Phi) is 5.61. The van der Waals surface area contributed by atoms with Gasteiger partial charge in [0, 0.05) is 11.0 Å². The van der Waals surface area contributed by atoms with Crippen molar-refractivity contribution in [2.24, 2.45) is 5.73 Å². The molecule has 0 fully saturated rings. The number of alkyl halides is 2. The summed E-state index contributed by atoms with van der Waals surface area (Å²) in [4.78, 5) is 15.3. The Labute approximate surface area is 112 Å². The van der Waals surface area contributed by atoms with Gasteiger partial charge in [-0.15, -0.1) is 0 Å². The fourth-order valence-electron chi connectivity index (χ4n) is 1.45. The maximum absolute atomic E-state index is 12.9. The third-order valence-corrected chi connectivity index (χ3v) is 2.84. The van der Waals surface area contributed by atoms with E-state index in [1.54, 1.807) is 6.92 Å². The fourth-order valence-corrected chi connectivity index (χ4v) is 2.11. The first-order valence-corrected chi connectivity index (χ1v) is 6.10. The van der Waals surface area contributed by atoms with Crippen molar-refractivity contribution in [3.05, 3.63) is 27.5 Å². The van der Waals surface area contributed by atoms with Crippen molar-refractivity contribution < 1.29 is 18.3 Å². The molecule has 0 amide bonds. The van der Waals surface area contributed by atoms with Crippen LogP contribution in [-0.4, -0.2) is 17.6 Å². The lowest BCUT2D eigenvalue weighted by molar-refractivity contribution is -0.142. The van der Waals surface area contributed by atoms with Crippen LogP contribution in [0.3, 0.4) is 0 Å². The van der Waals surface area contributed by atoms with Gasteiger partial charge in [-0.3, -0.25) is 9.78 Å². The van der Waals surface area contributed by atoms with E-state index in [-0.39, 0.29) is 35.3 Å². The second kappa shape index (κ2) is 6.75. The van der Waals surface area contributed by atoms with Crippen LogP contribution in [0.1, 0.15) is 30.3 Å². The molecule has 100 valence electrons. The molecule has 0 saturated carbocycles. The lowest BCUT2D eigenvalue weighted by atomic mass is 10.1. The zero-order valence-corrected chi connectivity index (χ0v) is 11.3. The average molecular weight is 323 g/mol. The van der Waals surface area contributed by atoms with Gasteiger partial charge in [0.25, 0.3) is 6.43 Å². The minimum absolute atomic E-state index is 0.00160. The van der Waals surface area contributed by atoms with Gasteiger partial charge in [0.2, 0.25) is 0 Å². The predicted molar refractivity (Wildman–Crippen MR) is 65.1 cm³/mol. The Balaban J connectivity index is 3.13. The molecular formula is C11H13BrF2N2O2. The number of ether oxygens (including phenoxy) is 1. The lowest BCUT2D eigenvalue weighted by Crippen LogP contribution is -2.13. The molecule has 18 heavy (non-hydrogen) atoms. The molecule has 1 heterocycles. The van der Waals surface area contributed by atoms with E-state index in [0.29, 0.717) is 5.69 Å². The number of hydrogen-bond donors (Lipinski definition) is 1. The summed E-state index contributed by atoms with van der Waals surface area (Å²) in [6, 6.07) is 1.43. The molecule has 7 heteroatoms. The van der Waals surface area contributed by atoms with Crippen LogP contribution in [0, 0.1) is 0 Å².